The lowest BCUT2D eigenvalue weighted by Crippen LogP contribution is -1.99. The van der Waals surface area contributed by atoms with E-state index in [1.165, 1.54) is 12.1 Å². The largest absolute Gasteiger partial charge is 0.385 e. The zero-order valence-electron chi connectivity index (χ0n) is 8.39. The molecule has 0 aliphatic heterocycles. The lowest BCUT2D eigenvalue weighted by atomic mass is 9.98. The predicted molar refractivity (Wildman–Crippen MR) is 56.3 cm³/mol. The van der Waals surface area contributed by atoms with Crippen LogP contribution in [0, 0.1) is 5.82 Å². The van der Waals surface area contributed by atoms with Gasteiger partial charge >= 0.3 is 0 Å². The molecule has 1 aromatic carbocycles. The summed E-state index contributed by atoms with van der Waals surface area (Å²) in [6.45, 7) is 2.71. The molecule has 1 aromatic rings. The molecule has 1 nitrogen and oxygen atoms in total. The van der Waals surface area contributed by atoms with Crippen LogP contribution in [0.4, 0.5) is 4.39 Å². The fourth-order valence-electron chi connectivity index (χ4n) is 1.32. The molecule has 0 spiro atoms. The fraction of sp³-hybridized carbons (Fsp3) is 0.455. The molecule has 0 bridgehead atoms. The Morgan fingerprint density at radius 1 is 1.43 bits per heavy atom. The third kappa shape index (κ3) is 3.28. The molecular weight excluding hydrogens is 203 g/mol. The number of halogens is 2. The highest BCUT2D eigenvalue weighted by atomic mass is 35.5. The van der Waals surface area contributed by atoms with Crippen LogP contribution in [0.2, 0.25) is 5.02 Å². The van der Waals surface area contributed by atoms with Crippen LogP contribution in [0.15, 0.2) is 18.2 Å². The zero-order valence-corrected chi connectivity index (χ0v) is 9.14. The van der Waals surface area contributed by atoms with Gasteiger partial charge in [0.25, 0.3) is 0 Å². The maximum atomic E-state index is 13.0. The molecule has 0 saturated carbocycles. The molecule has 0 fully saturated rings. The van der Waals surface area contributed by atoms with Gasteiger partial charge in [-0.05, 0) is 36.1 Å². The molecule has 0 N–H and O–H groups in total. The Labute approximate surface area is 88.8 Å². The first-order valence-electron chi connectivity index (χ1n) is 4.58. The van der Waals surface area contributed by atoms with Crippen molar-refractivity contribution < 1.29 is 9.13 Å². The van der Waals surface area contributed by atoms with E-state index in [9.17, 15) is 4.39 Å². The second kappa shape index (κ2) is 5.32. The summed E-state index contributed by atoms with van der Waals surface area (Å²) in [5.41, 5.74) is 0.923. The Morgan fingerprint density at radius 2 is 2.14 bits per heavy atom. The number of hydrogen-bond donors (Lipinski definition) is 0. The van der Waals surface area contributed by atoms with Gasteiger partial charge in [0.15, 0.2) is 0 Å². The second-order valence-electron chi connectivity index (χ2n) is 3.39. The van der Waals surface area contributed by atoms with Crippen molar-refractivity contribution >= 4 is 11.6 Å². The van der Waals surface area contributed by atoms with E-state index in [1.54, 1.807) is 13.2 Å². The quantitative estimate of drug-likeness (QED) is 0.747. The van der Waals surface area contributed by atoms with E-state index in [0.29, 0.717) is 11.6 Å². The molecule has 14 heavy (non-hydrogen) atoms. The highest BCUT2D eigenvalue weighted by Crippen LogP contribution is 2.23. The molecule has 3 heteroatoms. The summed E-state index contributed by atoms with van der Waals surface area (Å²) in [5.74, 6) is -0.0140. The smallest absolute Gasteiger partial charge is 0.124 e. The molecule has 0 heterocycles. The van der Waals surface area contributed by atoms with Crippen LogP contribution in [0.1, 0.15) is 24.8 Å². The van der Waals surface area contributed by atoms with E-state index in [-0.39, 0.29) is 11.7 Å². The average molecular weight is 217 g/mol. The molecular formula is C11H14ClFO. The Hall–Kier alpha value is -0.600. The van der Waals surface area contributed by atoms with E-state index in [1.807, 2.05) is 6.92 Å². The van der Waals surface area contributed by atoms with Crippen LogP contribution in [-0.2, 0) is 4.74 Å². The summed E-state index contributed by atoms with van der Waals surface area (Å²) < 4.78 is 18.0. The maximum absolute atomic E-state index is 13.0. The van der Waals surface area contributed by atoms with E-state index in [0.717, 1.165) is 12.0 Å². The van der Waals surface area contributed by atoms with Gasteiger partial charge in [0.2, 0.25) is 0 Å². The van der Waals surface area contributed by atoms with Crippen LogP contribution in [0.3, 0.4) is 0 Å². The van der Waals surface area contributed by atoms with Crippen molar-refractivity contribution in [3.63, 3.8) is 0 Å². The number of ether oxygens (including phenoxy) is 1. The van der Waals surface area contributed by atoms with Gasteiger partial charge in [-0.25, -0.2) is 4.39 Å². The van der Waals surface area contributed by atoms with Crippen molar-refractivity contribution in [1.29, 1.82) is 0 Å². The van der Waals surface area contributed by atoms with E-state index in [2.05, 4.69) is 0 Å². The standard InChI is InChI=1S/C11H14ClFO/c1-8(3-4-14-2)9-5-10(12)7-11(13)6-9/h5-8H,3-4H2,1-2H3. The van der Waals surface area contributed by atoms with Crippen molar-refractivity contribution in [2.24, 2.45) is 0 Å². The molecule has 0 saturated heterocycles. The molecule has 0 aliphatic carbocycles. The summed E-state index contributed by atoms with van der Waals surface area (Å²) in [6.07, 6.45) is 0.871. The summed E-state index contributed by atoms with van der Waals surface area (Å²) in [5, 5.41) is 0.448. The Bertz CT molecular complexity index is 281. The minimum Gasteiger partial charge on any atom is -0.385 e. The molecule has 1 rings (SSSR count). The van der Waals surface area contributed by atoms with E-state index in [4.69, 9.17) is 16.3 Å². The number of benzene rings is 1. The minimum absolute atomic E-state index is 0.267. The topological polar surface area (TPSA) is 9.23 Å². The van der Waals surface area contributed by atoms with Crippen LogP contribution in [0.25, 0.3) is 0 Å². The van der Waals surface area contributed by atoms with Crippen molar-refractivity contribution in [3.8, 4) is 0 Å². The molecule has 1 atom stereocenters. The van der Waals surface area contributed by atoms with Crippen LogP contribution < -0.4 is 0 Å². The number of rotatable bonds is 4. The Balaban J connectivity index is 2.73. The van der Waals surface area contributed by atoms with Crippen molar-refractivity contribution in [2.75, 3.05) is 13.7 Å². The van der Waals surface area contributed by atoms with Gasteiger partial charge in [0, 0.05) is 18.7 Å². The lowest BCUT2D eigenvalue weighted by Gasteiger charge is -2.11. The van der Waals surface area contributed by atoms with E-state index >= 15 is 0 Å². The van der Waals surface area contributed by atoms with Gasteiger partial charge in [-0.15, -0.1) is 0 Å². The van der Waals surface area contributed by atoms with Gasteiger partial charge in [-0.3, -0.25) is 0 Å². The van der Waals surface area contributed by atoms with Gasteiger partial charge in [0.05, 0.1) is 0 Å². The summed E-state index contributed by atoms with van der Waals surface area (Å²) >= 11 is 5.76. The minimum atomic E-state index is -0.281. The van der Waals surface area contributed by atoms with Crippen molar-refractivity contribution in [1.82, 2.24) is 0 Å². The number of hydrogen-bond acceptors (Lipinski definition) is 1. The average Bonchev–Trinajstić information content (AvgIpc) is 2.12. The summed E-state index contributed by atoms with van der Waals surface area (Å²) in [7, 11) is 1.66. The molecule has 0 radical (unpaired) electrons. The summed E-state index contributed by atoms with van der Waals surface area (Å²) in [4.78, 5) is 0. The molecule has 0 amide bonds. The second-order valence-corrected chi connectivity index (χ2v) is 3.82. The molecule has 0 aromatic heterocycles. The SMILES string of the molecule is COCCC(C)c1cc(F)cc(Cl)c1. The fourth-order valence-corrected chi connectivity index (χ4v) is 1.55. The lowest BCUT2D eigenvalue weighted by molar-refractivity contribution is 0.189. The summed E-state index contributed by atoms with van der Waals surface area (Å²) in [6, 6.07) is 4.63. The normalized spacial score (nSPS) is 12.9. The Morgan fingerprint density at radius 3 is 2.71 bits per heavy atom. The van der Waals surface area contributed by atoms with Crippen LogP contribution in [0.5, 0.6) is 0 Å². The third-order valence-electron chi connectivity index (χ3n) is 2.21. The van der Waals surface area contributed by atoms with Crippen LogP contribution >= 0.6 is 11.6 Å². The molecule has 0 aliphatic rings. The van der Waals surface area contributed by atoms with Gasteiger partial charge in [-0.2, -0.15) is 0 Å². The van der Waals surface area contributed by atoms with E-state index < -0.39 is 0 Å². The first-order chi connectivity index (χ1) is 6.63. The van der Waals surface area contributed by atoms with Gasteiger partial charge in [0.1, 0.15) is 5.82 Å². The van der Waals surface area contributed by atoms with Crippen molar-refractivity contribution in [3.05, 3.63) is 34.6 Å². The molecule has 78 valence electrons. The number of methoxy groups -OCH3 is 1. The maximum Gasteiger partial charge on any atom is 0.124 e. The highest BCUT2D eigenvalue weighted by molar-refractivity contribution is 6.30. The zero-order chi connectivity index (χ0) is 10.6. The Kier molecular flexibility index (Phi) is 4.36. The third-order valence-corrected chi connectivity index (χ3v) is 2.43. The first-order valence-corrected chi connectivity index (χ1v) is 4.96. The highest BCUT2D eigenvalue weighted by Gasteiger charge is 2.07. The van der Waals surface area contributed by atoms with Crippen LogP contribution in [-0.4, -0.2) is 13.7 Å². The van der Waals surface area contributed by atoms with Crippen molar-refractivity contribution in [2.45, 2.75) is 19.3 Å². The first kappa shape index (κ1) is 11.5. The van der Waals surface area contributed by atoms with Gasteiger partial charge < -0.3 is 4.74 Å². The monoisotopic (exact) mass is 216 g/mol. The molecule has 1 unspecified atom stereocenters. The van der Waals surface area contributed by atoms with Gasteiger partial charge in [-0.1, -0.05) is 18.5 Å². The predicted octanol–water partition coefficient (Wildman–Crippen LogP) is 3.62.